The smallest absolute Gasteiger partial charge is 0.253 e. The number of piperazine rings is 1. The number of hydrogen-bond donors (Lipinski definition) is 0. The highest BCUT2D eigenvalue weighted by atomic mass is 35.5. The number of hydrogen-bond acceptors (Lipinski definition) is 3. The molecule has 1 aliphatic rings. The van der Waals surface area contributed by atoms with Crippen LogP contribution >= 0.6 is 11.6 Å². The molecule has 2 aromatic carbocycles. The average molecular weight is 412 g/mol. The molecule has 1 saturated heterocycles. The fraction of sp³-hybridized carbons (Fsp3) is 0.227. The van der Waals surface area contributed by atoms with E-state index in [-0.39, 0.29) is 17.7 Å². The fourth-order valence-electron chi connectivity index (χ4n) is 3.16. The Bertz CT molecular complexity index is 917. The number of likely N-dealkylation sites (N-methyl/N-ethyl adjacent to an activating group) is 1. The molecule has 0 aliphatic carbocycles. The predicted molar refractivity (Wildman–Crippen MR) is 113 cm³/mol. The van der Waals surface area contributed by atoms with Crippen molar-refractivity contribution in [3.05, 3.63) is 77.3 Å². The quantitative estimate of drug-likeness (QED) is 0.726. The largest absolute Gasteiger partial charge is 0.335 e. The van der Waals surface area contributed by atoms with Crippen LogP contribution in [0.15, 0.2) is 61.2 Å². The maximum Gasteiger partial charge on any atom is 0.253 e. The van der Waals surface area contributed by atoms with Crippen molar-refractivity contribution in [1.82, 2.24) is 9.80 Å². The number of carbonyl (C=O) groups excluding carboxylic acids is 3. The first-order chi connectivity index (χ1) is 13.9. The fourth-order valence-corrected chi connectivity index (χ4v) is 3.29. The SMILES string of the molecule is C=CC(=O)N(C)c1ccc(C(=O)N2CCN(C(=O)c3ccc(Cl)cc3)CC2)cc1. The van der Waals surface area contributed by atoms with Crippen molar-refractivity contribution in [3.63, 3.8) is 0 Å². The molecule has 0 atom stereocenters. The van der Waals surface area contributed by atoms with Gasteiger partial charge in [0.25, 0.3) is 11.8 Å². The molecule has 1 heterocycles. The highest BCUT2D eigenvalue weighted by molar-refractivity contribution is 6.30. The van der Waals surface area contributed by atoms with Gasteiger partial charge < -0.3 is 14.7 Å². The van der Waals surface area contributed by atoms with Gasteiger partial charge >= 0.3 is 0 Å². The molecule has 0 aromatic heterocycles. The third kappa shape index (κ3) is 4.66. The molecule has 0 unspecified atom stereocenters. The molecule has 0 spiro atoms. The summed E-state index contributed by atoms with van der Waals surface area (Å²) in [5, 5.41) is 0.586. The van der Waals surface area contributed by atoms with E-state index in [0.717, 1.165) is 0 Å². The molecular weight excluding hydrogens is 390 g/mol. The van der Waals surface area contributed by atoms with E-state index in [1.54, 1.807) is 65.4 Å². The van der Waals surface area contributed by atoms with Gasteiger partial charge in [-0.2, -0.15) is 0 Å². The van der Waals surface area contributed by atoms with Gasteiger partial charge in [-0.3, -0.25) is 14.4 Å². The molecule has 0 saturated carbocycles. The van der Waals surface area contributed by atoms with Crippen LogP contribution < -0.4 is 4.90 Å². The number of halogens is 1. The molecule has 150 valence electrons. The van der Waals surface area contributed by atoms with Gasteiger partial charge in [0.15, 0.2) is 0 Å². The summed E-state index contributed by atoms with van der Waals surface area (Å²) in [7, 11) is 1.65. The second kappa shape index (κ2) is 8.92. The molecule has 0 N–H and O–H groups in total. The first kappa shape index (κ1) is 20.6. The average Bonchev–Trinajstić information content (AvgIpc) is 2.77. The molecular formula is C22H22ClN3O3. The number of rotatable bonds is 4. The van der Waals surface area contributed by atoms with Gasteiger partial charge in [-0.1, -0.05) is 18.2 Å². The summed E-state index contributed by atoms with van der Waals surface area (Å²) in [6.45, 7) is 5.35. The number of carbonyl (C=O) groups is 3. The van der Waals surface area contributed by atoms with Gasteiger partial charge in [-0.25, -0.2) is 0 Å². The summed E-state index contributed by atoms with van der Waals surface area (Å²) >= 11 is 5.87. The van der Waals surface area contributed by atoms with Crippen LogP contribution in [0.1, 0.15) is 20.7 Å². The van der Waals surface area contributed by atoms with E-state index in [4.69, 9.17) is 11.6 Å². The van der Waals surface area contributed by atoms with E-state index >= 15 is 0 Å². The van der Waals surface area contributed by atoms with Crippen LogP contribution in [-0.4, -0.2) is 60.7 Å². The monoisotopic (exact) mass is 411 g/mol. The van der Waals surface area contributed by atoms with Crippen LogP contribution in [0.2, 0.25) is 5.02 Å². The van der Waals surface area contributed by atoms with E-state index < -0.39 is 0 Å². The lowest BCUT2D eigenvalue weighted by atomic mass is 10.1. The van der Waals surface area contributed by atoms with Crippen LogP contribution in [0.3, 0.4) is 0 Å². The summed E-state index contributed by atoms with van der Waals surface area (Å²) in [5.74, 6) is -0.369. The van der Waals surface area contributed by atoms with E-state index in [1.807, 2.05) is 0 Å². The first-order valence-corrected chi connectivity index (χ1v) is 9.63. The summed E-state index contributed by atoms with van der Waals surface area (Å²) in [4.78, 5) is 42.0. The van der Waals surface area contributed by atoms with Gasteiger partial charge in [0.1, 0.15) is 0 Å². The van der Waals surface area contributed by atoms with E-state index in [0.29, 0.717) is 48.0 Å². The molecule has 2 aromatic rings. The summed E-state index contributed by atoms with van der Waals surface area (Å²) in [6.07, 6.45) is 1.24. The Balaban J connectivity index is 1.59. The zero-order chi connectivity index (χ0) is 21.0. The van der Waals surface area contributed by atoms with Crippen molar-refractivity contribution in [2.75, 3.05) is 38.1 Å². The number of amides is 3. The molecule has 3 rings (SSSR count). The lowest BCUT2D eigenvalue weighted by Crippen LogP contribution is -2.50. The highest BCUT2D eigenvalue weighted by Crippen LogP contribution is 2.17. The summed E-state index contributed by atoms with van der Waals surface area (Å²) in [6, 6.07) is 13.7. The van der Waals surface area contributed by atoms with Gasteiger partial charge in [-0.05, 0) is 54.6 Å². The third-order valence-electron chi connectivity index (χ3n) is 4.95. The standard InChI is InChI=1S/C22H22ClN3O3/c1-3-20(27)24(2)19-10-6-17(7-11-19)22(29)26-14-12-25(13-15-26)21(28)16-4-8-18(23)9-5-16/h3-11H,1,12-15H2,2H3. The first-order valence-electron chi connectivity index (χ1n) is 9.25. The molecule has 1 aliphatic heterocycles. The van der Waals surface area contributed by atoms with Crippen molar-refractivity contribution in [3.8, 4) is 0 Å². The Labute approximate surface area is 175 Å². The lowest BCUT2D eigenvalue weighted by molar-refractivity contribution is -0.113. The summed E-state index contributed by atoms with van der Waals surface area (Å²) in [5.41, 5.74) is 1.82. The van der Waals surface area contributed by atoms with E-state index in [2.05, 4.69) is 6.58 Å². The number of nitrogens with zero attached hydrogens (tertiary/aromatic N) is 3. The molecule has 0 radical (unpaired) electrons. The van der Waals surface area contributed by atoms with E-state index in [1.165, 1.54) is 11.0 Å². The third-order valence-corrected chi connectivity index (χ3v) is 5.20. The summed E-state index contributed by atoms with van der Waals surface area (Å²) < 4.78 is 0. The van der Waals surface area contributed by atoms with Crippen molar-refractivity contribution in [2.24, 2.45) is 0 Å². The van der Waals surface area contributed by atoms with Crippen LogP contribution in [0, 0.1) is 0 Å². The van der Waals surface area contributed by atoms with Gasteiger partial charge in [0, 0.05) is 55.1 Å². The van der Waals surface area contributed by atoms with Crippen LogP contribution in [0.5, 0.6) is 0 Å². The van der Waals surface area contributed by atoms with Crippen molar-refractivity contribution < 1.29 is 14.4 Å². The maximum absolute atomic E-state index is 12.8. The molecule has 3 amide bonds. The molecule has 29 heavy (non-hydrogen) atoms. The zero-order valence-corrected chi connectivity index (χ0v) is 16.9. The van der Waals surface area contributed by atoms with Crippen molar-refractivity contribution in [1.29, 1.82) is 0 Å². The van der Waals surface area contributed by atoms with Crippen LogP contribution in [0.25, 0.3) is 0 Å². The minimum atomic E-state index is -0.217. The Kier molecular flexibility index (Phi) is 6.34. The second-order valence-corrected chi connectivity index (χ2v) is 7.18. The van der Waals surface area contributed by atoms with Crippen molar-refractivity contribution >= 4 is 35.0 Å². The second-order valence-electron chi connectivity index (χ2n) is 6.74. The molecule has 0 bridgehead atoms. The minimum Gasteiger partial charge on any atom is -0.335 e. The Morgan fingerprint density at radius 3 is 1.69 bits per heavy atom. The van der Waals surface area contributed by atoms with Gasteiger partial charge in [0.2, 0.25) is 5.91 Å². The topological polar surface area (TPSA) is 60.9 Å². The normalized spacial score (nSPS) is 13.7. The Morgan fingerprint density at radius 1 is 0.862 bits per heavy atom. The number of benzene rings is 2. The van der Waals surface area contributed by atoms with Crippen LogP contribution in [-0.2, 0) is 4.79 Å². The zero-order valence-electron chi connectivity index (χ0n) is 16.2. The lowest BCUT2D eigenvalue weighted by Gasteiger charge is -2.35. The van der Waals surface area contributed by atoms with Crippen molar-refractivity contribution in [2.45, 2.75) is 0 Å². The van der Waals surface area contributed by atoms with Gasteiger partial charge in [-0.15, -0.1) is 0 Å². The Hall–Kier alpha value is -3.12. The Morgan fingerprint density at radius 2 is 1.28 bits per heavy atom. The highest BCUT2D eigenvalue weighted by Gasteiger charge is 2.25. The molecule has 6 nitrogen and oxygen atoms in total. The minimum absolute atomic E-state index is 0.0620. The van der Waals surface area contributed by atoms with Crippen LogP contribution in [0.4, 0.5) is 5.69 Å². The number of anilines is 1. The maximum atomic E-state index is 12.8. The predicted octanol–water partition coefficient (Wildman–Crippen LogP) is 3.09. The van der Waals surface area contributed by atoms with E-state index in [9.17, 15) is 14.4 Å². The molecule has 1 fully saturated rings. The molecule has 7 heteroatoms. The van der Waals surface area contributed by atoms with Gasteiger partial charge in [0.05, 0.1) is 0 Å².